The highest BCUT2D eigenvalue weighted by Crippen LogP contribution is 2.40. The zero-order chi connectivity index (χ0) is 15.0. The number of ether oxygens (including phenoxy) is 2. The average Bonchev–Trinajstić information content (AvgIpc) is 2.90. The van der Waals surface area contributed by atoms with Crippen molar-refractivity contribution in [1.82, 2.24) is 0 Å². The first-order chi connectivity index (χ1) is 10.0. The Balaban J connectivity index is 1.79. The van der Waals surface area contributed by atoms with Crippen LogP contribution in [0.5, 0.6) is 11.5 Å². The highest BCUT2D eigenvalue weighted by Gasteiger charge is 2.18. The van der Waals surface area contributed by atoms with E-state index in [2.05, 4.69) is 5.32 Å². The van der Waals surface area contributed by atoms with E-state index < -0.39 is 0 Å². The molecule has 0 amide bonds. The Bertz CT molecular complexity index is 706. The predicted octanol–water partition coefficient (Wildman–Crippen LogP) is 5.64. The molecule has 1 heterocycles. The van der Waals surface area contributed by atoms with Crippen molar-refractivity contribution in [2.24, 2.45) is 0 Å². The van der Waals surface area contributed by atoms with Gasteiger partial charge < -0.3 is 14.8 Å². The quantitative estimate of drug-likeness (QED) is 0.714. The molecule has 0 bridgehead atoms. The SMILES string of the molecule is Clc1cc(Cl)c(NCc2cc(Cl)c3c(c2)OCO3)cc1Cl. The summed E-state index contributed by atoms with van der Waals surface area (Å²) in [5.41, 5.74) is 1.63. The Labute approximate surface area is 141 Å². The first-order valence-corrected chi connectivity index (χ1v) is 7.52. The Morgan fingerprint density at radius 3 is 2.43 bits per heavy atom. The molecule has 7 heteroatoms. The van der Waals surface area contributed by atoms with Gasteiger partial charge in [-0.25, -0.2) is 0 Å². The Kier molecular flexibility index (Phi) is 4.27. The van der Waals surface area contributed by atoms with Crippen molar-refractivity contribution in [3.63, 3.8) is 0 Å². The standard InChI is InChI=1S/C14H9Cl4NO2/c15-8-3-10(17)12(4-9(8)16)19-5-7-1-11(18)14-13(2-7)20-6-21-14/h1-4,19H,5-6H2. The van der Waals surface area contributed by atoms with Crippen LogP contribution in [0.1, 0.15) is 5.56 Å². The lowest BCUT2D eigenvalue weighted by Crippen LogP contribution is -2.00. The number of benzene rings is 2. The first kappa shape index (κ1) is 14.9. The molecule has 2 aromatic carbocycles. The van der Waals surface area contributed by atoms with Crippen molar-refractivity contribution in [3.05, 3.63) is 49.9 Å². The second kappa shape index (κ2) is 6.01. The normalized spacial score (nSPS) is 12.6. The largest absolute Gasteiger partial charge is 0.454 e. The summed E-state index contributed by atoms with van der Waals surface area (Å²) in [4.78, 5) is 0. The van der Waals surface area contributed by atoms with Gasteiger partial charge in [0.05, 0.1) is 25.8 Å². The first-order valence-electron chi connectivity index (χ1n) is 6.01. The molecule has 110 valence electrons. The summed E-state index contributed by atoms with van der Waals surface area (Å²) < 4.78 is 10.6. The molecule has 0 fully saturated rings. The van der Waals surface area contributed by atoms with Crippen molar-refractivity contribution in [1.29, 1.82) is 0 Å². The molecular formula is C14H9Cl4NO2. The van der Waals surface area contributed by atoms with E-state index in [4.69, 9.17) is 55.9 Å². The summed E-state index contributed by atoms with van der Waals surface area (Å²) in [5.74, 6) is 1.22. The predicted molar refractivity (Wildman–Crippen MR) is 86.4 cm³/mol. The van der Waals surface area contributed by atoms with Crippen molar-refractivity contribution in [2.45, 2.75) is 6.54 Å². The van der Waals surface area contributed by atoms with Crippen LogP contribution in [-0.2, 0) is 6.54 Å². The summed E-state index contributed by atoms with van der Waals surface area (Å²) >= 11 is 24.1. The highest BCUT2D eigenvalue weighted by atomic mass is 35.5. The molecule has 0 atom stereocenters. The van der Waals surface area contributed by atoms with Crippen molar-refractivity contribution >= 4 is 52.1 Å². The molecule has 21 heavy (non-hydrogen) atoms. The van der Waals surface area contributed by atoms with Gasteiger partial charge in [-0.3, -0.25) is 0 Å². The van der Waals surface area contributed by atoms with Gasteiger partial charge in [0.25, 0.3) is 0 Å². The van der Waals surface area contributed by atoms with E-state index in [1.807, 2.05) is 12.1 Å². The number of halogens is 4. The minimum absolute atomic E-state index is 0.185. The van der Waals surface area contributed by atoms with Gasteiger partial charge in [-0.15, -0.1) is 0 Å². The van der Waals surface area contributed by atoms with Gasteiger partial charge in [0.1, 0.15) is 0 Å². The van der Waals surface area contributed by atoms with Gasteiger partial charge in [-0.05, 0) is 29.8 Å². The van der Waals surface area contributed by atoms with Crippen LogP contribution in [-0.4, -0.2) is 6.79 Å². The third-order valence-electron chi connectivity index (χ3n) is 2.98. The lowest BCUT2D eigenvalue weighted by atomic mass is 10.2. The zero-order valence-corrected chi connectivity index (χ0v) is 13.6. The van der Waals surface area contributed by atoms with Crippen LogP contribution in [0.4, 0.5) is 5.69 Å². The van der Waals surface area contributed by atoms with Gasteiger partial charge in [0.15, 0.2) is 11.5 Å². The van der Waals surface area contributed by atoms with Crippen LogP contribution < -0.4 is 14.8 Å². The van der Waals surface area contributed by atoms with Gasteiger partial charge in [-0.1, -0.05) is 46.4 Å². The lowest BCUT2D eigenvalue weighted by Gasteiger charge is -2.11. The van der Waals surface area contributed by atoms with E-state index in [1.165, 1.54) is 0 Å². The summed E-state index contributed by atoms with van der Waals surface area (Å²) in [6.45, 7) is 0.693. The van der Waals surface area contributed by atoms with Crippen LogP contribution in [0.15, 0.2) is 24.3 Å². The minimum Gasteiger partial charge on any atom is -0.454 e. The molecule has 1 aliphatic rings. The molecule has 2 aromatic rings. The molecule has 3 nitrogen and oxygen atoms in total. The Morgan fingerprint density at radius 2 is 1.62 bits per heavy atom. The molecule has 0 aliphatic carbocycles. The molecule has 0 saturated carbocycles. The van der Waals surface area contributed by atoms with Crippen LogP contribution in [0.2, 0.25) is 20.1 Å². The third-order valence-corrected chi connectivity index (χ3v) is 4.30. The summed E-state index contributed by atoms with van der Waals surface area (Å²) in [7, 11) is 0. The second-order valence-corrected chi connectivity index (χ2v) is 6.04. The Morgan fingerprint density at radius 1 is 0.857 bits per heavy atom. The molecule has 0 aromatic heterocycles. The van der Waals surface area contributed by atoms with Crippen LogP contribution in [0.25, 0.3) is 0 Å². The fourth-order valence-electron chi connectivity index (χ4n) is 1.98. The molecular weight excluding hydrogens is 356 g/mol. The highest BCUT2D eigenvalue weighted by molar-refractivity contribution is 6.44. The number of hydrogen-bond acceptors (Lipinski definition) is 3. The smallest absolute Gasteiger partial charge is 0.231 e. The fourth-order valence-corrected chi connectivity index (χ4v) is 2.88. The topological polar surface area (TPSA) is 30.5 Å². The van der Waals surface area contributed by atoms with Crippen LogP contribution in [0.3, 0.4) is 0 Å². The molecule has 1 N–H and O–H groups in total. The molecule has 0 radical (unpaired) electrons. The number of anilines is 1. The van der Waals surface area contributed by atoms with E-state index in [0.29, 0.717) is 43.8 Å². The molecule has 0 spiro atoms. The maximum Gasteiger partial charge on any atom is 0.231 e. The van der Waals surface area contributed by atoms with Crippen molar-refractivity contribution in [3.8, 4) is 11.5 Å². The van der Waals surface area contributed by atoms with Gasteiger partial charge in [0, 0.05) is 6.54 Å². The molecule has 1 aliphatic heterocycles. The van der Waals surface area contributed by atoms with E-state index in [0.717, 1.165) is 5.56 Å². The van der Waals surface area contributed by atoms with Gasteiger partial charge >= 0.3 is 0 Å². The summed E-state index contributed by atoms with van der Waals surface area (Å²) in [5, 5.41) is 5.05. The van der Waals surface area contributed by atoms with Gasteiger partial charge in [-0.2, -0.15) is 0 Å². The molecule has 0 unspecified atom stereocenters. The monoisotopic (exact) mass is 363 g/mol. The number of hydrogen-bond donors (Lipinski definition) is 1. The number of nitrogens with one attached hydrogen (secondary N) is 1. The van der Waals surface area contributed by atoms with E-state index in [1.54, 1.807) is 12.1 Å². The average molecular weight is 365 g/mol. The second-order valence-electron chi connectivity index (χ2n) is 4.41. The summed E-state index contributed by atoms with van der Waals surface area (Å²) in [6, 6.07) is 6.96. The number of fused-ring (bicyclic) bond motifs is 1. The van der Waals surface area contributed by atoms with Gasteiger partial charge in [0.2, 0.25) is 6.79 Å². The summed E-state index contributed by atoms with van der Waals surface area (Å²) in [6.07, 6.45) is 0. The fraction of sp³-hybridized carbons (Fsp3) is 0.143. The van der Waals surface area contributed by atoms with Crippen molar-refractivity contribution < 1.29 is 9.47 Å². The number of rotatable bonds is 3. The van der Waals surface area contributed by atoms with E-state index >= 15 is 0 Å². The van der Waals surface area contributed by atoms with Crippen LogP contribution in [0, 0.1) is 0 Å². The van der Waals surface area contributed by atoms with E-state index in [-0.39, 0.29) is 6.79 Å². The zero-order valence-electron chi connectivity index (χ0n) is 10.6. The van der Waals surface area contributed by atoms with Crippen LogP contribution >= 0.6 is 46.4 Å². The minimum atomic E-state index is 0.185. The van der Waals surface area contributed by atoms with E-state index in [9.17, 15) is 0 Å². The Hall–Kier alpha value is -1.00. The maximum absolute atomic E-state index is 6.14. The lowest BCUT2D eigenvalue weighted by molar-refractivity contribution is 0.174. The maximum atomic E-state index is 6.14. The van der Waals surface area contributed by atoms with Crippen molar-refractivity contribution in [2.75, 3.05) is 12.1 Å². The molecule has 0 saturated heterocycles. The molecule has 3 rings (SSSR count). The third kappa shape index (κ3) is 3.11.